The molecule has 1 fully saturated rings. The molecule has 1 amide bonds. The largest absolute Gasteiger partial charge is 0.395 e. The molecule has 14 nitrogen and oxygen atoms in total. The van der Waals surface area contributed by atoms with Gasteiger partial charge >= 0.3 is 5.69 Å². The number of nitrogens with one attached hydrogen (secondary N) is 2. The fourth-order valence-corrected chi connectivity index (χ4v) is 3.28. The van der Waals surface area contributed by atoms with E-state index in [4.69, 9.17) is 5.11 Å². The van der Waals surface area contributed by atoms with Gasteiger partial charge in [-0.25, -0.2) is 9.97 Å². The van der Waals surface area contributed by atoms with Gasteiger partial charge in [-0.1, -0.05) is 12.1 Å². The Kier molecular flexibility index (Phi) is 7.41. The molecule has 170 valence electrons. The first-order valence-electron chi connectivity index (χ1n) is 9.74. The minimum atomic E-state index is -0.611. The summed E-state index contributed by atoms with van der Waals surface area (Å²) in [6.45, 7) is 2.80. The van der Waals surface area contributed by atoms with E-state index >= 15 is 0 Å². The fourth-order valence-electron chi connectivity index (χ4n) is 3.28. The number of non-ortho nitro benzene ring substituents is 1. The van der Waals surface area contributed by atoms with Crippen molar-refractivity contribution >= 4 is 28.9 Å². The summed E-state index contributed by atoms with van der Waals surface area (Å²) in [5.74, 6) is -0.526. The van der Waals surface area contributed by atoms with Crippen LogP contribution in [-0.4, -0.2) is 75.1 Å². The standard InChI is InChI=1S/C18H22N8O6/c27-10-9-23-5-7-24(8-6-23)18-16(26(31)32)17(19-12-20-18)22-21-15(28)11-13-1-3-14(4-2-13)25(29)30/h1-4,12,27H,5-11H2,(H,21,28)(H,19,20,22). The Balaban J connectivity index is 1.66. The van der Waals surface area contributed by atoms with Gasteiger partial charge in [-0.15, -0.1) is 0 Å². The molecule has 0 spiro atoms. The third kappa shape index (κ3) is 5.61. The molecule has 3 N–H and O–H groups in total. The first kappa shape index (κ1) is 22.8. The fraction of sp³-hybridized carbons (Fsp3) is 0.389. The molecular formula is C18H22N8O6. The van der Waals surface area contributed by atoms with Gasteiger partial charge in [0.05, 0.1) is 22.9 Å². The van der Waals surface area contributed by atoms with Crippen molar-refractivity contribution in [1.82, 2.24) is 20.3 Å². The third-order valence-corrected chi connectivity index (χ3v) is 4.91. The number of nitro benzene ring substituents is 1. The number of benzene rings is 1. The zero-order valence-electron chi connectivity index (χ0n) is 17.0. The van der Waals surface area contributed by atoms with Gasteiger partial charge in [0.15, 0.2) is 0 Å². The number of amides is 1. The molecule has 0 aliphatic carbocycles. The zero-order valence-corrected chi connectivity index (χ0v) is 17.0. The molecule has 0 radical (unpaired) electrons. The summed E-state index contributed by atoms with van der Waals surface area (Å²) in [5, 5.41) is 31.5. The number of aromatic nitrogens is 2. The van der Waals surface area contributed by atoms with Crippen LogP contribution < -0.4 is 15.8 Å². The predicted molar refractivity (Wildman–Crippen MR) is 113 cm³/mol. The molecule has 0 atom stereocenters. The summed E-state index contributed by atoms with van der Waals surface area (Å²) >= 11 is 0. The summed E-state index contributed by atoms with van der Waals surface area (Å²) in [6, 6.07) is 5.49. The van der Waals surface area contributed by atoms with Crippen LogP contribution in [0.3, 0.4) is 0 Å². The van der Waals surface area contributed by atoms with Gasteiger partial charge in [0, 0.05) is 44.9 Å². The van der Waals surface area contributed by atoms with Gasteiger partial charge < -0.3 is 10.0 Å². The number of hydrogen-bond donors (Lipinski definition) is 3. The van der Waals surface area contributed by atoms with Gasteiger partial charge in [0.2, 0.25) is 17.5 Å². The van der Waals surface area contributed by atoms with Crippen molar-refractivity contribution in [2.45, 2.75) is 6.42 Å². The summed E-state index contributed by atoms with van der Waals surface area (Å²) in [7, 11) is 0. The maximum absolute atomic E-state index is 12.2. The summed E-state index contributed by atoms with van der Waals surface area (Å²) in [5.41, 5.74) is 4.93. The number of aliphatic hydroxyl groups is 1. The van der Waals surface area contributed by atoms with Crippen LogP contribution in [0.2, 0.25) is 0 Å². The number of anilines is 2. The van der Waals surface area contributed by atoms with E-state index in [1.807, 2.05) is 4.90 Å². The van der Waals surface area contributed by atoms with Crippen molar-refractivity contribution in [3.8, 4) is 0 Å². The monoisotopic (exact) mass is 446 g/mol. The lowest BCUT2D eigenvalue weighted by atomic mass is 10.1. The molecule has 2 heterocycles. The molecule has 0 bridgehead atoms. The topological polar surface area (TPSA) is 180 Å². The Morgan fingerprint density at radius 3 is 2.34 bits per heavy atom. The number of β-amino-alcohol motifs (C(OH)–C–C–N with tert-alkyl or cyclic N) is 1. The number of carbonyl (C=O) groups excluding carboxylic acids is 1. The van der Waals surface area contributed by atoms with Crippen molar-refractivity contribution in [2.24, 2.45) is 0 Å². The van der Waals surface area contributed by atoms with Crippen LogP contribution in [-0.2, 0) is 11.2 Å². The highest BCUT2D eigenvalue weighted by atomic mass is 16.6. The first-order valence-corrected chi connectivity index (χ1v) is 9.74. The molecule has 0 saturated carbocycles. The van der Waals surface area contributed by atoms with Crippen molar-refractivity contribution in [1.29, 1.82) is 0 Å². The Morgan fingerprint density at radius 1 is 1.06 bits per heavy atom. The average molecular weight is 446 g/mol. The van der Waals surface area contributed by atoms with Crippen molar-refractivity contribution in [2.75, 3.05) is 49.7 Å². The van der Waals surface area contributed by atoms with Crippen molar-refractivity contribution in [3.63, 3.8) is 0 Å². The highest BCUT2D eigenvalue weighted by molar-refractivity contribution is 5.81. The van der Waals surface area contributed by atoms with Crippen LogP contribution in [0.5, 0.6) is 0 Å². The molecular weight excluding hydrogens is 424 g/mol. The number of nitrogens with zero attached hydrogens (tertiary/aromatic N) is 6. The normalized spacial score (nSPS) is 14.1. The molecule has 1 aliphatic rings. The minimum absolute atomic E-state index is 0.0430. The number of aliphatic hydroxyl groups excluding tert-OH is 1. The van der Waals surface area contributed by atoms with Gasteiger partial charge in [0.1, 0.15) is 6.33 Å². The highest BCUT2D eigenvalue weighted by Crippen LogP contribution is 2.31. The molecule has 0 unspecified atom stereocenters. The SMILES string of the molecule is O=C(Cc1ccc([N+](=O)[O-])cc1)NNc1ncnc(N2CCN(CCO)CC2)c1[N+](=O)[O-]. The van der Waals surface area contributed by atoms with E-state index in [9.17, 15) is 25.0 Å². The molecule has 2 aromatic rings. The molecule has 1 aromatic heterocycles. The van der Waals surface area contributed by atoms with Crippen LogP contribution in [0, 0.1) is 20.2 Å². The highest BCUT2D eigenvalue weighted by Gasteiger charge is 2.29. The zero-order chi connectivity index (χ0) is 23.1. The second-order valence-electron chi connectivity index (χ2n) is 6.98. The Hall–Kier alpha value is -3.91. The number of hydrogen-bond acceptors (Lipinski definition) is 11. The van der Waals surface area contributed by atoms with E-state index in [0.29, 0.717) is 38.3 Å². The molecule has 14 heteroatoms. The van der Waals surface area contributed by atoms with Crippen LogP contribution in [0.15, 0.2) is 30.6 Å². The third-order valence-electron chi connectivity index (χ3n) is 4.91. The van der Waals surface area contributed by atoms with E-state index < -0.39 is 15.8 Å². The Labute approximate surface area is 182 Å². The summed E-state index contributed by atoms with van der Waals surface area (Å²) < 4.78 is 0. The lowest BCUT2D eigenvalue weighted by Gasteiger charge is -2.34. The number of piperazine rings is 1. The maximum Gasteiger partial charge on any atom is 0.355 e. The smallest absolute Gasteiger partial charge is 0.355 e. The number of rotatable bonds is 9. The molecule has 1 aliphatic heterocycles. The van der Waals surface area contributed by atoms with E-state index in [0.717, 1.165) is 0 Å². The summed E-state index contributed by atoms with van der Waals surface area (Å²) in [6.07, 6.45) is 1.08. The van der Waals surface area contributed by atoms with Crippen LogP contribution in [0.4, 0.5) is 23.0 Å². The van der Waals surface area contributed by atoms with E-state index in [-0.39, 0.29) is 36.0 Å². The lowest BCUT2D eigenvalue weighted by Crippen LogP contribution is -2.47. The van der Waals surface area contributed by atoms with Crippen LogP contribution in [0.25, 0.3) is 0 Å². The second kappa shape index (κ2) is 10.4. The van der Waals surface area contributed by atoms with E-state index in [2.05, 4.69) is 20.8 Å². The quantitative estimate of drug-likeness (QED) is 0.351. The minimum Gasteiger partial charge on any atom is -0.395 e. The lowest BCUT2D eigenvalue weighted by molar-refractivity contribution is -0.384. The van der Waals surface area contributed by atoms with Gasteiger partial charge in [-0.2, -0.15) is 0 Å². The Morgan fingerprint density at radius 2 is 1.75 bits per heavy atom. The number of carbonyl (C=O) groups is 1. The number of nitro groups is 2. The van der Waals surface area contributed by atoms with Crippen LogP contribution >= 0.6 is 0 Å². The Bertz CT molecular complexity index is 978. The molecule has 32 heavy (non-hydrogen) atoms. The summed E-state index contributed by atoms with van der Waals surface area (Å²) in [4.78, 5) is 45.2. The van der Waals surface area contributed by atoms with Crippen molar-refractivity contribution < 1.29 is 19.7 Å². The maximum atomic E-state index is 12.2. The molecule has 1 saturated heterocycles. The first-order chi connectivity index (χ1) is 15.4. The second-order valence-corrected chi connectivity index (χ2v) is 6.98. The van der Waals surface area contributed by atoms with Crippen LogP contribution in [0.1, 0.15) is 5.56 Å². The van der Waals surface area contributed by atoms with Gasteiger partial charge in [-0.3, -0.25) is 40.8 Å². The number of hydrazine groups is 1. The van der Waals surface area contributed by atoms with Gasteiger partial charge in [-0.05, 0) is 5.56 Å². The van der Waals surface area contributed by atoms with Crippen molar-refractivity contribution in [3.05, 3.63) is 56.4 Å². The molecule has 1 aromatic carbocycles. The van der Waals surface area contributed by atoms with E-state index in [1.165, 1.54) is 30.6 Å². The molecule has 3 rings (SSSR count). The predicted octanol–water partition coefficient (Wildman–Crippen LogP) is 0.0931. The van der Waals surface area contributed by atoms with E-state index in [1.54, 1.807) is 4.90 Å². The average Bonchev–Trinajstić information content (AvgIpc) is 2.78. The van der Waals surface area contributed by atoms with Gasteiger partial charge in [0.25, 0.3) is 5.69 Å².